The molecule has 0 saturated heterocycles. The molecule has 3 amide bonds. The molecule has 0 aromatic heterocycles. The van der Waals surface area contributed by atoms with Crippen LogP contribution in [0, 0.1) is 0 Å². The second-order valence-corrected chi connectivity index (χ2v) is 7.63. The largest absolute Gasteiger partial charge is 0.322 e. The number of nitrogens with zero attached hydrogens (tertiary/aromatic N) is 1. The lowest BCUT2D eigenvalue weighted by Gasteiger charge is -2.15. The molecule has 0 bridgehead atoms. The molecule has 3 aromatic rings. The number of carbonyl (C=O) groups excluding carboxylic acids is 3. The first-order chi connectivity index (χ1) is 14.0. The summed E-state index contributed by atoms with van der Waals surface area (Å²) in [6.07, 6.45) is 1.91. The standard InChI is InChI=1S/C22H15ClN2O3S/c1-29-15-9-10-19(23)18(12-15)20(26)24-13-5-4-6-14(11-13)25-21(27)16-7-2-3-8-17(16)22(25)28/h2-12H,1H3,(H,24,26). The zero-order valence-corrected chi connectivity index (χ0v) is 16.9. The molecule has 1 N–H and O–H groups in total. The lowest BCUT2D eigenvalue weighted by molar-refractivity contribution is 0.0925. The van der Waals surface area contributed by atoms with Gasteiger partial charge in [-0.25, -0.2) is 4.90 Å². The fourth-order valence-corrected chi connectivity index (χ4v) is 3.79. The Morgan fingerprint density at radius 1 is 0.931 bits per heavy atom. The maximum absolute atomic E-state index is 12.7. The monoisotopic (exact) mass is 422 g/mol. The van der Waals surface area contributed by atoms with Crippen molar-refractivity contribution in [3.8, 4) is 0 Å². The van der Waals surface area contributed by atoms with Crippen molar-refractivity contribution in [2.24, 2.45) is 0 Å². The summed E-state index contributed by atoms with van der Waals surface area (Å²) in [4.78, 5) is 40.1. The molecule has 1 aliphatic heterocycles. The summed E-state index contributed by atoms with van der Waals surface area (Å²) in [6, 6.07) is 18.5. The molecule has 3 aromatic carbocycles. The molecular weight excluding hydrogens is 408 g/mol. The molecule has 0 unspecified atom stereocenters. The van der Waals surface area contributed by atoms with E-state index in [1.165, 1.54) is 11.8 Å². The van der Waals surface area contributed by atoms with Crippen molar-refractivity contribution < 1.29 is 14.4 Å². The molecular formula is C22H15ClN2O3S. The van der Waals surface area contributed by atoms with E-state index in [1.807, 2.05) is 12.3 Å². The molecule has 5 nitrogen and oxygen atoms in total. The van der Waals surface area contributed by atoms with Gasteiger partial charge < -0.3 is 5.32 Å². The number of carbonyl (C=O) groups is 3. The molecule has 0 atom stereocenters. The highest BCUT2D eigenvalue weighted by molar-refractivity contribution is 7.98. The first-order valence-electron chi connectivity index (χ1n) is 8.72. The van der Waals surface area contributed by atoms with Crippen LogP contribution in [0.4, 0.5) is 11.4 Å². The Balaban J connectivity index is 1.61. The smallest absolute Gasteiger partial charge is 0.266 e. The average molecular weight is 423 g/mol. The van der Waals surface area contributed by atoms with Crippen LogP contribution in [0.1, 0.15) is 31.1 Å². The first kappa shape index (κ1) is 19.2. The third kappa shape index (κ3) is 3.52. The molecule has 144 valence electrons. The Kier molecular flexibility index (Phi) is 5.13. The number of fused-ring (bicyclic) bond motifs is 1. The van der Waals surface area contributed by atoms with Gasteiger partial charge in [0.25, 0.3) is 17.7 Å². The number of hydrogen-bond acceptors (Lipinski definition) is 4. The Morgan fingerprint density at radius 2 is 1.62 bits per heavy atom. The normalized spacial score (nSPS) is 12.8. The van der Waals surface area contributed by atoms with Crippen LogP contribution in [0.2, 0.25) is 5.02 Å². The Bertz CT molecular complexity index is 1130. The summed E-state index contributed by atoms with van der Waals surface area (Å²) in [5.41, 5.74) is 1.93. The molecule has 0 aliphatic carbocycles. The van der Waals surface area contributed by atoms with Gasteiger partial charge in [-0.05, 0) is 54.8 Å². The van der Waals surface area contributed by atoms with Crippen LogP contribution < -0.4 is 10.2 Å². The first-order valence-corrected chi connectivity index (χ1v) is 10.3. The topological polar surface area (TPSA) is 66.5 Å². The van der Waals surface area contributed by atoms with Crippen molar-refractivity contribution in [1.29, 1.82) is 0 Å². The third-order valence-electron chi connectivity index (χ3n) is 4.57. The van der Waals surface area contributed by atoms with E-state index in [-0.39, 0.29) is 17.7 Å². The highest BCUT2D eigenvalue weighted by Gasteiger charge is 2.36. The minimum absolute atomic E-state index is 0.344. The van der Waals surface area contributed by atoms with Crippen LogP contribution in [0.3, 0.4) is 0 Å². The summed E-state index contributed by atoms with van der Waals surface area (Å²) < 4.78 is 0. The Labute approximate surface area is 176 Å². The molecule has 4 rings (SSSR count). The average Bonchev–Trinajstić information content (AvgIpc) is 2.99. The molecule has 1 heterocycles. The summed E-state index contributed by atoms with van der Waals surface area (Å²) in [5.74, 6) is -1.14. The minimum Gasteiger partial charge on any atom is -0.322 e. The highest BCUT2D eigenvalue weighted by Crippen LogP contribution is 2.30. The van der Waals surface area contributed by atoms with E-state index < -0.39 is 0 Å². The Morgan fingerprint density at radius 3 is 2.28 bits per heavy atom. The number of nitrogens with one attached hydrogen (secondary N) is 1. The van der Waals surface area contributed by atoms with Gasteiger partial charge in [0.15, 0.2) is 0 Å². The van der Waals surface area contributed by atoms with Gasteiger partial charge in [0.05, 0.1) is 27.4 Å². The van der Waals surface area contributed by atoms with Crippen LogP contribution in [-0.2, 0) is 0 Å². The van der Waals surface area contributed by atoms with Crippen molar-refractivity contribution in [3.05, 3.63) is 88.4 Å². The fourth-order valence-electron chi connectivity index (χ4n) is 3.15. The van der Waals surface area contributed by atoms with E-state index in [2.05, 4.69) is 5.32 Å². The van der Waals surface area contributed by atoms with Crippen molar-refractivity contribution >= 4 is 52.5 Å². The quantitative estimate of drug-likeness (QED) is 0.468. The number of halogens is 1. The van der Waals surface area contributed by atoms with Gasteiger partial charge in [0.1, 0.15) is 0 Å². The lowest BCUT2D eigenvalue weighted by atomic mass is 10.1. The maximum atomic E-state index is 12.7. The van der Waals surface area contributed by atoms with Crippen molar-refractivity contribution in [2.45, 2.75) is 4.90 Å². The van der Waals surface area contributed by atoms with Crippen LogP contribution in [0.5, 0.6) is 0 Å². The number of amides is 3. The van der Waals surface area contributed by atoms with E-state index in [0.29, 0.717) is 33.1 Å². The predicted octanol–water partition coefficient (Wildman–Crippen LogP) is 5.11. The summed E-state index contributed by atoms with van der Waals surface area (Å²) in [6.45, 7) is 0. The van der Waals surface area contributed by atoms with Gasteiger partial charge in [0.2, 0.25) is 0 Å². The van der Waals surface area contributed by atoms with Gasteiger partial charge in [-0.3, -0.25) is 14.4 Å². The zero-order chi connectivity index (χ0) is 20.5. The van der Waals surface area contributed by atoms with Crippen LogP contribution in [-0.4, -0.2) is 24.0 Å². The molecule has 7 heteroatoms. The number of hydrogen-bond donors (Lipinski definition) is 1. The number of imide groups is 1. The second-order valence-electron chi connectivity index (χ2n) is 6.34. The minimum atomic E-state index is -0.384. The van der Waals surface area contributed by atoms with Gasteiger partial charge in [-0.1, -0.05) is 29.8 Å². The van der Waals surface area contributed by atoms with E-state index in [4.69, 9.17) is 11.6 Å². The second kappa shape index (κ2) is 7.73. The van der Waals surface area contributed by atoms with Crippen molar-refractivity contribution in [3.63, 3.8) is 0 Å². The van der Waals surface area contributed by atoms with Gasteiger partial charge in [-0.15, -0.1) is 11.8 Å². The lowest BCUT2D eigenvalue weighted by Crippen LogP contribution is -2.29. The van der Waals surface area contributed by atoms with E-state index in [1.54, 1.807) is 60.7 Å². The summed E-state index contributed by atoms with van der Waals surface area (Å²) >= 11 is 7.68. The molecule has 0 radical (unpaired) electrons. The van der Waals surface area contributed by atoms with Crippen LogP contribution in [0.15, 0.2) is 71.6 Å². The highest BCUT2D eigenvalue weighted by atomic mass is 35.5. The summed E-state index contributed by atoms with van der Waals surface area (Å²) in [7, 11) is 0. The number of benzene rings is 3. The maximum Gasteiger partial charge on any atom is 0.266 e. The third-order valence-corrected chi connectivity index (χ3v) is 5.63. The van der Waals surface area contributed by atoms with Crippen molar-refractivity contribution in [2.75, 3.05) is 16.5 Å². The molecule has 0 fully saturated rings. The predicted molar refractivity (Wildman–Crippen MR) is 115 cm³/mol. The van der Waals surface area contributed by atoms with Gasteiger partial charge in [-0.2, -0.15) is 0 Å². The Hall–Kier alpha value is -3.09. The molecule has 0 saturated carbocycles. The molecule has 0 spiro atoms. The summed E-state index contributed by atoms with van der Waals surface area (Å²) in [5, 5.41) is 3.13. The van der Waals surface area contributed by atoms with Gasteiger partial charge >= 0.3 is 0 Å². The number of rotatable bonds is 4. The molecule has 1 aliphatic rings. The van der Waals surface area contributed by atoms with E-state index in [9.17, 15) is 14.4 Å². The molecule has 29 heavy (non-hydrogen) atoms. The number of anilines is 2. The van der Waals surface area contributed by atoms with Crippen LogP contribution >= 0.6 is 23.4 Å². The zero-order valence-electron chi connectivity index (χ0n) is 15.3. The van der Waals surface area contributed by atoms with Gasteiger partial charge in [0, 0.05) is 10.6 Å². The van der Waals surface area contributed by atoms with Crippen LogP contribution in [0.25, 0.3) is 0 Å². The van der Waals surface area contributed by atoms with Crippen molar-refractivity contribution in [1.82, 2.24) is 0 Å². The SMILES string of the molecule is CSc1ccc(Cl)c(C(=O)Nc2cccc(N3C(=O)c4ccccc4C3=O)c2)c1. The number of thioether (sulfide) groups is 1. The fraction of sp³-hybridized carbons (Fsp3) is 0.0455. The van der Waals surface area contributed by atoms with E-state index in [0.717, 1.165) is 9.80 Å². The van der Waals surface area contributed by atoms with E-state index >= 15 is 0 Å².